The van der Waals surface area contributed by atoms with Gasteiger partial charge in [-0.2, -0.15) is 0 Å². The number of nitrogens with two attached hydrogens (primary N) is 1. The molecule has 6 nitrogen and oxygen atoms in total. The van der Waals surface area contributed by atoms with Crippen molar-refractivity contribution >= 4 is 11.8 Å². The van der Waals surface area contributed by atoms with Crippen LogP contribution in [0.25, 0.3) is 0 Å². The number of pyridine rings is 1. The number of hydrogen-bond donors (Lipinski definition) is 2. The molecule has 1 aliphatic rings. The maximum absolute atomic E-state index is 12.6. The number of rotatable bonds is 3. The zero-order valence-corrected chi connectivity index (χ0v) is 11.6. The van der Waals surface area contributed by atoms with Crippen molar-refractivity contribution in [2.75, 3.05) is 13.2 Å². The highest BCUT2D eigenvalue weighted by Crippen LogP contribution is 2.21. The Hall–Kier alpha value is -2.39. The Labute approximate surface area is 123 Å². The van der Waals surface area contributed by atoms with Crippen LogP contribution in [-0.4, -0.2) is 46.0 Å². The number of primary amides is 1. The smallest absolute Gasteiger partial charge is 0.255 e. The third kappa shape index (κ3) is 3.38. The van der Waals surface area contributed by atoms with Crippen molar-refractivity contribution in [3.63, 3.8) is 0 Å². The topological polar surface area (TPSA) is 96.5 Å². The number of likely N-dealkylation sites (tertiary alicyclic amines) is 1. The van der Waals surface area contributed by atoms with Crippen LogP contribution in [0.15, 0.2) is 18.5 Å². The fourth-order valence-electron chi connectivity index (χ4n) is 2.35. The zero-order valence-electron chi connectivity index (χ0n) is 11.6. The molecule has 0 aromatic carbocycles. The Morgan fingerprint density at radius 2 is 2.33 bits per heavy atom. The van der Waals surface area contributed by atoms with Gasteiger partial charge in [0.05, 0.1) is 17.7 Å². The number of nitrogens with zero attached hydrogens (tertiary/aromatic N) is 2. The Kier molecular flexibility index (Phi) is 4.90. The van der Waals surface area contributed by atoms with E-state index in [2.05, 4.69) is 16.8 Å². The normalized spacial score (nSPS) is 17.2. The van der Waals surface area contributed by atoms with Crippen LogP contribution in [0.4, 0.5) is 0 Å². The molecule has 110 valence electrons. The Bertz CT molecular complexity index is 604. The van der Waals surface area contributed by atoms with E-state index in [1.54, 1.807) is 6.07 Å². The molecule has 1 aromatic heterocycles. The molecule has 0 aliphatic carbocycles. The van der Waals surface area contributed by atoms with Crippen LogP contribution in [0.2, 0.25) is 0 Å². The quantitative estimate of drug-likeness (QED) is 0.759. The Balaban J connectivity index is 2.27. The van der Waals surface area contributed by atoms with Gasteiger partial charge in [-0.15, -0.1) is 0 Å². The standard InChI is InChI=1S/C15H17N3O3/c16-14(20)13-5-3-8-18(13)15(21)12-6-7-17-10-11(12)4-1-2-9-19/h6-7,10,13,19H,2-3,5,8-9H2,(H2,16,20). The monoisotopic (exact) mass is 287 g/mol. The number of aromatic nitrogens is 1. The summed E-state index contributed by atoms with van der Waals surface area (Å²) in [6.45, 7) is 0.477. The van der Waals surface area contributed by atoms with Gasteiger partial charge >= 0.3 is 0 Å². The van der Waals surface area contributed by atoms with Crippen LogP contribution in [-0.2, 0) is 4.79 Å². The van der Waals surface area contributed by atoms with Gasteiger partial charge in [-0.1, -0.05) is 11.8 Å². The lowest BCUT2D eigenvalue weighted by Crippen LogP contribution is -2.43. The minimum absolute atomic E-state index is 0.0353. The molecule has 2 rings (SSSR count). The molecule has 1 atom stereocenters. The number of aliphatic hydroxyl groups excluding tert-OH is 1. The minimum atomic E-state index is -0.552. The number of aliphatic hydroxyl groups is 1. The number of amides is 2. The molecule has 0 spiro atoms. The molecule has 1 fully saturated rings. The van der Waals surface area contributed by atoms with E-state index in [0.717, 1.165) is 6.42 Å². The van der Waals surface area contributed by atoms with Crippen molar-refractivity contribution in [1.29, 1.82) is 0 Å². The molecule has 1 saturated heterocycles. The van der Waals surface area contributed by atoms with E-state index >= 15 is 0 Å². The van der Waals surface area contributed by atoms with E-state index in [1.165, 1.54) is 17.3 Å². The third-order valence-corrected chi connectivity index (χ3v) is 3.35. The van der Waals surface area contributed by atoms with E-state index in [4.69, 9.17) is 10.8 Å². The number of carbonyl (C=O) groups is 2. The van der Waals surface area contributed by atoms with Crippen molar-refractivity contribution in [2.45, 2.75) is 25.3 Å². The molecular formula is C15H17N3O3. The Morgan fingerprint density at radius 1 is 1.52 bits per heavy atom. The summed E-state index contributed by atoms with van der Waals surface area (Å²) >= 11 is 0. The minimum Gasteiger partial charge on any atom is -0.395 e. The summed E-state index contributed by atoms with van der Waals surface area (Å²) in [6.07, 6.45) is 4.70. The SMILES string of the molecule is NC(=O)C1CCCN1C(=O)c1ccncc1C#CCCO. The van der Waals surface area contributed by atoms with Crippen LogP contribution in [0.1, 0.15) is 35.2 Å². The lowest BCUT2D eigenvalue weighted by molar-refractivity contribution is -0.121. The molecule has 21 heavy (non-hydrogen) atoms. The average Bonchev–Trinajstić information content (AvgIpc) is 2.97. The van der Waals surface area contributed by atoms with E-state index in [9.17, 15) is 9.59 Å². The van der Waals surface area contributed by atoms with Gasteiger partial charge in [0.15, 0.2) is 0 Å². The highest BCUT2D eigenvalue weighted by atomic mass is 16.2. The number of carbonyl (C=O) groups excluding carboxylic acids is 2. The van der Waals surface area contributed by atoms with Gasteiger partial charge in [0.2, 0.25) is 5.91 Å². The highest BCUT2D eigenvalue weighted by molar-refractivity contribution is 5.99. The van der Waals surface area contributed by atoms with Crippen molar-refractivity contribution in [3.8, 4) is 11.8 Å². The molecular weight excluding hydrogens is 270 g/mol. The van der Waals surface area contributed by atoms with Crippen LogP contribution in [0.3, 0.4) is 0 Å². The van der Waals surface area contributed by atoms with Gasteiger partial charge in [0, 0.05) is 25.4 Å². The van der Waals surface area contributed by atoms with Crippen LogP contribution < -0.4 is 5.73 Å². The van der Waals surface area contributed by atoms with Gasteiger partial charge in [-0.25, -0.2) is 0 Å². The fraction of sp³-hybridized carbons (Fsp3) is 0.400. The molecule has 0 radical (unpaired) electrons. The predicted octanol–water partition coefficient (Wildman–Crippen LogP) is -0.0946. The van der Waals surface area contributed by atoms with E-state index in [1.807, 2.05) is 0 Å². The van der Waals surface area contributed by atoms with Crippen LogP contribution in [0, 0.1) is 11.8 Å². The third-order valence-electron chi connectivity index (χ3n) is 3.35. The first kappa shape index (κ1) is 15.0. The zero-order chi connectivity index (χ0) is 15.2. The van der Waals surface area contributed by atoms with E-state index < -0.39 is 11.9 Å². The van der Waals surface area contributed by atoms with Crippen molar-refractivity contribution in [3.05, 3.63) is 29.6 Å². The van der Waals surface area contributed by atoms with Crippen molar-refractivity contribution in [2.24, 2.45) is 5.73 Å². The molecule has 6 heteroatoms. The van der Waals surface area contributed by atoms with Crippen molar-refractivity contribution < 1.29 is 14.7 Å². The van der Waals surface area contributed by atoms with Gasteiger partial charge in [0.1, 0.15) is 6.04 Å². The molecule has 0 bridgehead atoms. The van der Waals surface area contributed by atoms with Crippen LogP contribution in [0.5, 0.6) is 0 Å². The predicted molar refractivity (Wildman–Crippen MR) is 76.1 cm³/mol. The average molecular weight is 287 g/mol. The first-order valence-electron chi connectivity index (χ1n) is 6.79. The first-order chi connectivity index (χ1) is 10.1. The molecule has 2 heterocycles. The van der Waals surface area contributed by atoms with Gasteiger partial charge < -0.3 is 15.7 Å². The largest absolute Gasteiger partial charge is 0.395 e. The number of hydrogen-bond acceptors (Lipinski definition) is 4. The molecule has 2 amide bonds. The van der Waals surface area contributed by atoms with Crippen molar-refractivity contribution in [1.82, 2.24) is 9.88 Å². The fourth-order valence-corrected chi connectivity index (χ4v) is 2.35. The molecule has 3 N–H and O–H groups in total. The second-order valence-electron chi connectivity index (χ2n) is 4.76. The van der Waals surface area contributed by atoms with Crippen LogP contribution >= 0.6 is 0 Å². The summed E-state index contributed by atoms with van der Waals surface area (Å²) in [5, 5.41) is 8.75. The summed E-state index contributed by atoms with van der Waals surface area (Å²) in [4.78, 5) is 29.4. The lowest BCUT2D eigenvalue weighted by atomic mass is 10.1. The molecule has 1 aromatic rings. The van der Waals surface area contributed by atoms with Gasteiger partial charge in [0.25, 0.3) is 5.91 Å². The summed E-state index contributed by atoms with van der Waals surface area (Å²) in [5.74, 6) is 4.85. The first-order valence-corrected chi connectivity index (χ1v) is 6.79. The Morgan fingerprint density at radius 3 is 3.05 bits per heavy atom. The van der Waals surface area contributed by atoms with Gasteiger partial charge in [-0.3, -0.25) is 14.6 Å². The van der Waals surface area contributed by atoms with Gasteiger partial charge in [-0.05, 0) is 18.9 Å². The molecule has 1 unspecified atom stereocenters. The summed E-state index contributed by atoms with van der Waals surface area (Å²) < 4.78 is 0. The summed E-state index contributed by atoms with van der Waals surface area (Å²) in [7, 11) is 0. The molecule has 1 aliphatic heterocycles. The summed E-state index contributed by atoms with van der Waals surface area (Å²) in [5.41, 5.74) is 6.24. The maximum atomic E-state index is 12.6. The molecule has 0 saturated carbocycles. The highest BCUT2D eigenvalue weighted by Gasteiger charge is 2.33. The second-order valence-corrected chi connectivity index (χ2v) is 4.76. The summed E-state index contributed by atoms with van der Waals surface area (Å²) in [6, 6.07) is 1.03. The maximum Gasteiger partial charge on any atom is 0.255 e. The van der Waals surface area contributed by atoms with E-state index in [-0.39, 0.29) is 12.5 Å². The van der Waals surface area contributed by atoms with E-state index in [0.29, 0.717) is 30.5 Å². The lowest BCUT2D eigenvalue weighted by Gasteiger charge is -2.22. The second kappa shape index (κ2) is 6.86.